The van der Waals surface area contributed by atoms with Crippen LogP contribution >= 0.6 is 0 Å². The van der Waals surface area contributed by atoms with Gasteiger partial charge in [-0.25, -0.2) is 4.79 Å². The Kier molecular flexibility index (Phi) is 4.96. The van der Waals surface area contributed by atoms with Gasteiger partial charge in [-0.1, -0.05) is 24.0 Å². The maximum Gasteiger partial charge on any atom is 0.407 e. The lowest BCUT2D eigenvalue weighted by Crippen LogP contribution is -2.32. The molecule has 2 rings (SSSR count). The van der Waals surface area contributed by atoms with Gasteiger partial charge in [-0.05, 0) is 51.3 Å². The third-order valence-corrected chi connectivity index (χ3v) is 3.55. The van der Waals surface area contributed by atoms with E-state index in [1.807, 2.05) is 45.0 Å². The number of hydrogen-bond donors (Lipinski definition) is 1. The predicted octanol–water partition coefficient (Wildman–Crippen LogP) is 3.51. The summed E-state index contributed by atoms with van der Waals surface area (Å²) in [5.74, 6) is 6.08. The fourth-order valence-corrected chi connectivity index (χ4v) is 2.17. The van der Waals surface area contributed by atoms with Crippen LogP contribution in [-0.4, -0.2) is 18.2 Å². The van der Waals surface area contributed by atoms with E-state index in [0.717, 1.165) is 24.0 Å². The predicted molar refractivity (Wildman–Crippen MR) is 88.7 cm³/mol. The molecule has 0 aromatic heterocycles. The topological polar surface area (TPSA) is 62.1 Å². The van der Waals surface area contributed by atoms with E-state index in [0.29, 0.717) is 13.0 Å². The summed E-state index contributed by atoms with van der Waals surface area (Å²) in [4.78, 5) is 11.4. The summed E-state index contributed by atoms with van der Waals surface area (Å²) < 4.78 is 5.14. The van der Waals surface area contributed by atoms with E-state index in [1.165, 1.54) is 0 Å². The van der Waals surface area contributed by atoms with Crippen LogP contribution in [0.25, 0.3) is 0 Å². The summed E-state index contributed by atoms with van der Waals surface area (Å²) >= 11 is 0. The first-order chi connectivity index (χ1) is 10.8. The van der Waals surface area contributed by atoms with Gasteiger partial charge in [0.1, 0.15) is 5.60 Å². The smallest absolute Gasteiger partial charge is 0.407 e. The fraction of sp³-hybridized carbons (Fsp3) is 0.474. The number of carbonyl (C=O) groups is 1. The number of nitriles is 1. The summed E-state index contributed by atoms with van der Waals surface area (Å²) in [5.41, 5.74) is 1.26. The van der Waals surface area contributed by atoms with Crippen LogP contribution in [0.4, 0.5) is 4.79 Å². The van der Waals surface area contributed by atoms with Crippen molar-refractivity contribution in [2.75, 3.05) is 6.54 Å². The number of hydrogen-bond acceptors (Lipinski definition) is 3. The lowest BCUT2D eigenvalue weighted by Gasteiger charge is -2.19. The molecule has 0 atom stereocenters. The molecule has 0 bridgehead atoms. The van der Waals surface area contributed by atoms with Crippen LogP contribution < -0.4 is 5.32 Å². The molecular weight excluding hydrogens is 288 g/mol. The van der Waals surface area contributed by atoms with E-state index in [2.05, 4.69) is 23.2 Å². The first-order valence-corrected chi connectivity index (χ1v) is 7.82. The number of amides is 1. The summed E-state index contributed by atoms with van der Waals surface area (Å²) in [6.45, 7) is 5.94. The fourth-order valence-electron chi connectivity index (χ4n) is 2.17. The van der Waals surface area contributed by atoms with Crippen LogP contribution in [0.3, 0.4) is 0 Å². The SMILES string of the molecule is CC(C)(C)OC(=O)NCCC#Cc1ccc(C2(C#N)CC2)cc1. The molecule has 1 saturated carbocycles. The normalized spacial score (nSPS) is 14.9. The van der Waals surface area contributed by atoms with Crippen molar-refractivity contribution in [1.29, 1.82) is 5.26 Å². The Morgan fingerprint density at radius 3 is 2.48 bits per heavy atom. The minimum absolute atomic E-state index is 0.247. The van der Waals surface area contributed by atoms with Crippen LogP contribution in [-0.2, 0) is 10.2 Å². The molecule has 1 aliphatic rings. The van der Waals surface area contributed by atoms with Crippen molar-refractivity contribution < 1.29 is 9.53 Å². The molecule has 0 spiro atoms. The van der Waals surface area contributed by atoms with E-state index in [-0.39, 0.29) is 5.41 Å². The number of benzene rings is 1. The average Bonchev–Trinajstić information content (AvgIpc) is 3.27. The number of nitrogens with one attached hydrogen (secondary N) is 1. The van der Waals surface area contributed by atoms with E-state index < -0.39 is 11.7 Å². The Bertz CT molecular complexity index is 663. The Hall–Kier alpha value is -2.46. The van der Waals surface area contributed by atoms with Crippen molar-refractivity contribution in [2.24, 2.45) is 0 Å². The molecule has 23 heavy (non-hydrogen) atoms. The molecule has 0 heterocycles. The summed E-state index contributed by atoms with van der Waals surface area (Å²) in [7, 11) is 0. The maximum atomic E-state index is 11.4. The molecule has 1 aromatic rings. The van der Waals surface area contributed by atoms with Crippen molar-refractivity contribution in [3.05, 3.63) is 35.4 Å². The number of alkyl carbamates (subject to hydrolysis) is 1. The largest absolute Gasteiger partial charge is 0.444 e. The Morgan fingerprint density at radius 2 is 1.96 bits per heavy atom. The van der Waals surface area contributed by atoms with E-state index in [4.69, 9.17) is 4.74 Å². The second kappa shape index (κ2) is 6.75. The maximum absolute atomic E-state index is 11.4. The quantitative estimate of drug-likeness (QED) is 0.686. The van der Waals surface area contributed by atoms with Crippen molar-refractivity contribution >= 4 is 6.09 Å². The van der Waals surface area contributed by atoms with E-state index >= 15 is 0 Å². The van der Waals surface area contributed by atoms with Crippen LogP contribution in [0.5, 0.6) is 0 Å². The minimum Gasteiger partial charge on any atom is -0.444 e. The van der Waals surface area contributed by atoms with E-state index in [9.17, 15) is 10.1 Å². The molecule has 1 amide bonds. The van der Waals surface area contributed by atoms with Crippen LogP contribution in [0, 0.1) is 23.2 Å². The highest BCUT2D eigenvalue weighted by molar-refractivity contribution is 5.67. The molecule has 120 valence electrons. The average molecular weight is 310 g/mol. The highest BCUT2D eigenvalue weighted by Crippen LogP contribution is 2.47. The monoisotopic (exact) mass is 310 g/mol. The van der Waals surface area contributed by atoms with Gasteiger partial charge in [0.05, 0.1) is 11.5 Å². The zero-order chi connectivity index (χ0) is 16.9. The number of ether oxygens (including phenoxy) is 1. The zero-order valence-electron chi connectivity index (χ0n) is 13.9. The molecule has 1 aliphatic carbocycles. The Labute approximate surface area is 137 Å². The standard InChI is InChI=1S/C19H22N2O2/c1-18(2,3)23-17(22)21-13-5-4-6-15-7-9-16(10-8-15)19(14-20)11-12-19/h7-10H,5,11-13H2,1-3H3,(H,21,22). The van der Waals surface area contributed by atoms with Gasteiger partial charge in [-0.15, -0.1) is 0 Å². The highest BCUT2D eigenvalue weighted by Gasteiger charge is 2.44. The lowest BCUT2D eigenvalue weighted by molar-refractivity contribution is 0.0529. The molecule has 1 aromatic carbocycles. The molecule has 0 unspecified atom stereocenters. The molecule has 1 fully saturated rings. The first kappa shape index (κ1) is 16.9. The van der Waals surface area contributed by atoms with Gasteiger partial charge in [0.2, 0.25) is 0 Å². The summed E-state index contributed by atoms with van der Waals surface area (Å²) in [5, 5.41) is 11.8. The number of nitrogens with zero attached hydrogens (tertiary/aromatic N) is 1. The van der Waals surface area contributed by atoms with Crippen LogP contribution in [0.15, 0.2) is 24.3 Å². The summed E-state index contributed by atoms with van der Waals surface area (Å²) in [6, 6.07) is 10.2. The van der Waals surface area contributed by atoms with Gasteiger partial charge in [-0.3, -0.25) is 0 Å². The molecule has 0 aliphatic heterocycles. The van der Waals surface area contributed by atoms with Crippen molar-refractivity contribution in [3.8, 4) is 17.9 Å². The van der Waals surface area contributed by atoms with Crippen molar-refractivity contribution in [2.45, 2.75) is 51.0 Å². The molecule has 1 N–H and O–H groups in total. The molecule has 0 radical (unpaired) electrons. The molecule has 0 saturated heterocycles. The Morgan fingerprint density at radius 1 is 1.30 bits per heavy atom. The minimum atomic E-state index is -0.486. The summed E-state index contributed by atoms with van der Waals surface area (Å²) in [6.07, 6.45) is 2.04. The lowest BCUT2D eigenvalue weighted by atomic mass is 9.97. The second-order valence-electron chi connectivity index (χ2n) is 6.75. The Balaban J connectivity index is 1.77. The third-order valence-electron chi connectivity index (χ3n) is 3.55. The van der Waals surface area contributed by atoms with Crippen LogP contribution in [0.2, 0.25) is 0 Å². The highest BCUT2D eigenvalue weighted by atomic mass is 16.6. The van der Waals surface area contributed by atoms with Gasteiger partial charge >= 0.3 is 6.09 Å². The second-order valence-corrected chi connectivity index (χ2v) is 6.75. The molecule has 4 heteroatoms. The third kappa shape index (κ3) is 5.04. The van der Waals surface area contributed by atoms with E-state index in [1.54, 1.807) is 0 Å². The van der Waals surface area contributed by atoms with Crippen molar-refractivity contribution in [1.82, 2.24) is 5.32 Å². The van der Waals surface area contributed by atoms with Gasteiger partial charge in [0.25, 0.3) is 0 Å². The molecular formula is C19H22N2O2. The molecule has 4 nitrogen and oxygen atoms in total. The number of rotatable bonds is 3. The van der Waals surface area contributed by atoms with Gasteiger partial charge in [-0.2, -0.15) is 5.26 Å². The first-order valence-electron chi connectivity index (χ1n) is 7.82. The van der Waals surface area contributed by atoms with Gasteiger partial charge < -0.3 is 10.1 Å². The van der Waals surface area contributed by atoms with Gasteiger partial charge in [0.15, 0.2) is 0 Å². The van der Waals surface area contributed by atoms with Crippen LogP contribution in [0.1, 0.15) is 51.2 Å². The zero-order valence-corrected chi connectivity index (χ0v) is 13.9. The number of carbonyl (C=O) groups excluding carboxylic acids is 1. The van der Waals surface area contributed by atoms with Crippen molar-refractivity contribution in [3.63, 3.8) is 0 Å². The van der Waals surface area contributed by atoms with Gasteiger partial charge in [0, 0.05) is 18.5 Å².